The van der Waals surface area contributed by atoms with Gasteiger partial charge in [-0.3, -0.25) is 0 Å². The van der Waals surface area contributed by atoms with E-state index in [9.17, 15) is 0 Å². The van der Waals surface area contributed by atoms with Crippen molar-refractivity contribution in [1.29, 1.82) is 0 Å². The lowest BCUT2D eigenvalue weighted by Crippen LogP contribution is -2.30. The monoisotopic (exact) mass is 303 g/mol. The minimum Gasteiger partial charge on any atom is -0.383 e. The van der Waals surface area contributed by atoms with Crippen molar-refractivity contribution in [3.05, 3.63) is 46.5 Å². The predicted octanol–water partition coefficient (Wildman–Crippen LogP) is 2.44. The number of nitrogens with zero attached hydrogens (tertiary/aromatic N) is 2. The fraction of sp³-hybridized carbons (Fsp3) is 0.438. The molecule has 0 bridgehead atoms. The lowest BCUT2D eigenvalue weighted by Gasteiger charge is -2.28. The molecule has 0 saturated heterocycles. The number of thiazole rings is 1. The lowest BCUT2D eigenvalue weighted by atomic mass is 10.0. The fourth-order valence-corrected chi connectivity index (χ4v) is 3.47. The van der Waals surface area contributed by atoms with E-state index in [-0.39, 0.29) is 0 Å². The molecule has 0 radical (unpaired) electrons. The van der Waals surface area contributed by atoms with Crippen LogP contribution in [0, 0.1) is 0 Å². The van der Waals surface area contributed by atoms with E-state index in [1.807, 2.05) is 6.20 Å². The van der Waals surface area contributed by atoms with Crippen LogP contribution in [0.2, 0.25) is 0 Å². The Kier molecular flexibility index (Phi) is 4.85. The summed E-state index contributed by atoms with van der Waals surface area (Å²) in [5, 5.41) is 4.49. The topological polar surface area (TPSA) is 37.4 Å². The third kappa shape index (κ3) is 3.61. The second-order valence-electron chi connectivity index (χ2n) is 5.22. The quantitative estimate of drug-likeness (QED) is 0.832. The molecule has 0 spiro atoms. The first-order valence-corrected chi connectivity index (χ1v) is 8.14. The zero-order valence-corrected chi connectivity index (χ0v) is 13.2. The van der Waals surface area contributed by atoms with Crippen LogP contribution >= 0.6 is 11.3 Å². The molecule has 2 heterocycles. The van der Waals surface area contributed by atoms with Gasteiger partial charge in [0.05, 0.1) is 6.61 Å². The minimum absolute atomic E-state index is 0.745. The lowest BCUT2D eigenvalue weighted by molar-refractivity contribution is 0.199. The van der Waals surface area contributed by atoms with Crippen LogP contribution in [0.15, 0.2) is 30.5 Å². The number of rotatable bonds is 6. The van der Waals surface area contributed by atoms with E-state index in [2.05, 4.69) is 39.5 Å². The highest BCUT2D eigenvalue weighted by atomic mass is 32.1. The first-order valence-electron chi connectivity index (χ1n) is 7.33. The van der Waals surface area contributed by atoms with Crippen molar-refractivity contribution in [2.75, 3.05) is 31.7 Å². The maximum atomic E-state index is 5.03. The standard InChI is InChI=1S/C16H21N3OS/c1-20-9-7-17-10-15-11-18-16(21-15)19-8-6-13-4-2-3-5-14(13)12-19/h2-5,11,17H,6-10,12H2,1H3. The van der Waals surface area contributed by atoms with E-state index < -0.39 is 0 Å². The van der Waals surface area contributed by atoms with Crippen LogP contribution < -0.4 is 10.2 Å². The van der Waals surface area contributed by atoms with E-state index in [0.29, 0.717) is 0 Å². The van der Waals surface area contributed by atoms with Crippen molar-refractivity contribution >= 4 is 16.5 Å². The zero-order chi connectivity index (χ0) is 14.5. The van der Waals surface area contributed by atoms with Crippen molar-refractivity contribution in [2.45, 2.75) is 19.5 Å². The van der Waals surface area contributed by atoms with Crippen LogP contribution in [-0.2, 0) is 24.2 Å². The van der Waals surface area contributed by atoms with Crippen LogP contribution in [0.25, 0.3) is 0 Å². The summed E-state index contributed by atoms with van der Waals surface area (Å²) in [5.74, 6) is 0. The number of nitrogens with one attached hydrogen (secondary N) is 1. The summed E-state index contributed by atoms with van der Waals surface area (Å²) < 4.78 is 5.03. The van der Waals surface area contributed by atoms with E-state index in [4.69, 9.17) is 4.74 Å². The second-order valence-corrected chi connectivity index (χ2v) is 6.31. The van der Waals surface area contributed by atoms with Crippen molar-refractivity contribution in [3.8, 4) is 0 Å². The molecular formula is C16H21N3OS. The molecule has 5 heteroatoms. The van der Waals surface area contributed by atoms with Gasteiger partial charge in [-0.2, -0.15) is 0 Å². The Morgan fingerprint density at radius 3 is 3.05 bits per heavy atom. The SMILES string of the molecule is COCCNCc1cnc(N2CCc3ccccc3C2)s1. The molecule has 1 aromatic heterocycles. The molecule has 1 N–H and O–H groups in total. The normalized spacial score (nSPS) is 14.2. The first kappa shape index (κ1) is 14.5. The molecule has 21 heavy (non-hydrogen) atoms. The second kappa shape index (κ2) is 7.02. The highest BCUT2D eigenvalue weighted by molar-refractivity contribution is 7.15. The van der Waals surface area contributed by atoms with Gasteiger partial charge >= 0.3 is 0 Å². The largest absolute Gasteiger partial charge is 0.383 e. The van der Waals surface area contributed by atoms with Gasteiger partial charge in [-0.05, 0) is 17.5 Å². The third-order valence-electron chi connectivity index (χ3n) is 3.72. The Balaban J connectivity index is 1.59. The van der Waals surface area contributed by atoms with Gasteiger partial charge in [0.25, 0.3) is 0 Å². The average Bonchev–Trinajstić information content (AvgIpc) is 3.00. The maximum absolute atomic E-state index is 5.03. The minimum atomic E-state index is 0.745. The molecule has 4 nitrogen and oxygen atoms in total. The van der Waals surface area contributed by atoms with Crippen LogP contribution in [0.1, 0.15) is 16.0 Å². The van der Waals surface area contributed by atoms with Gasteiger partial charge in [0.1, 0.15) is 0 Å². The van der Waals surface area contributed by atoms with Crippen molar-refractivity contribution < 1.29 is 4.74 Å². The summed E-state index contributed by atoms with van der Waals surface area (Å²) in [5.41, 5.74) is 2.91. The molecule has 0 fully saturated rings. The Hall–Kier alpha value is -1.43. The van der Waals surface area contributed by atoms with E-state index in [0.717, 1.165) is 44.3 Å². The highest BCUT2D eigenvalue weighted by Gasteiger charge is 2.18. The summed E-state index contributed by atoms with van der Waals surface area (Å²) in [6, 6.07) is 8.71. The van der Waals surface area contributed by atoms with Gasteiger partial charge in [-0.1, -0.05) is 24.3 Å². The first-order chi connectivity index (χ1) is 10.4. The van der Waals surface area contributed by atoms with Gasteiger partial charge in [0.15, 0.2) is 5.13 Å². The maximum Gasteiger partial charge on any atom is 0.185 e. The van der Waals surface area contributed by atoms with Crippen LogP contribution in [0.4, 0.5) is 5.13 Å². The smallest absolute Gasteiger partial charge is 0.185 e. The molecular weight excluding hydrogens is 282 g/mol. The number of fused-ring (bicyclic) bond motifs is 1. The number of hydrogen-bond donors (Lipinski definition) is 1. The summed E-state index contributed by atoms with van der Waals surface area (Å²) in [6.07, 6.45) is 3.09. The van der Waals surface area contributed by atoms with Gasteiger partial charge in [0.2, 0.25) is 0 Å². The molecule has 0 unspecified atom stereocenters. The number of benzene rings is 1. The van der Waals surface area contributed by atoms with Crippen LogP contribution in [0.5, 0.6) is 0 Å². The summed E-state index contributed by atoms with van der Waals surface area (Å²) in [6.45, 7) is 4.52. The third-order valence-corrected chi connectivity index (χ3v) is 4.78. The molecule has 112 valence electrons. The fourth-order valence-electron chi connectivity index (χ4n) is 2.57. The Bertz CT molecular complexity index is 584. The van der Waals surface area contributed by atoms with Crippen molar-refractivity contribution in [1.82, 2.24) is 10.3 Å². The van der Waals surface area contributed by atoms with Crippen molar-refractivity contribution in [3.63, 3.8) is 0 Å². The number of hydrogen-bond acceptors (Lipinski definition) is 5. The number of methoxy groups -OCH3 is 1. The number of aromatic nitrogens is 1. The molecule has 1 aliphatic heterocycles. The highest BCUT2D eigenvalue weighted by Crippen LogP contribution is 2.28. The molecule has 1 aliphatic rings. The summed E-state index contributed by atoms with van der Waals surface area (Å²) in [7, 11) is 1.72. The molecule has 0 amide bonds. The molecule has 1 aromatic carbocycles. The molecule has 3 rings (SSSR count). The summed E-state index contributed by atoms with van der Waals surface area (Å²) in [4.78, 5) is 8.24. The molecule has 2 aromatic rings. The molecule has 0 aliphatic carbocycles. The Labute approximate surface area is 129 Å². The Morgan fingerprint density at radius 2 is 2.19 bits per heavy atom. The number of anilines is 1. The summed E-state index contributed by atoms with van der Waals surface area (Å²) >= 11 is 1.78. The molecule has 0 saturated carbocycles. The predicted molar refractivity (Wildman–Crippen MR) is 86.9 cm³/mol. The average molecular weight is 303 g/mol. The van der Waals surface area contributed by atoms with Gasteiger partial charge in [-0.15, -0.1) is 11.3 Å². The van der Waals surface area contributed by atoms with Gasteiger partial charge in [-0.25, -0.2) is 4.98 Å². The van der Waals surface area contributed by atoms with Crippen molar-refractivity contribution in [2.24, 2.45) is 0 Å². The van der Waals surface area contributed by atoms with Gasteiger partial charge in [0, 0.05) is 44.4 Å². The zero-order valence-electron chi connectivity index (χ0n) is 12.3. The number of ether oxygens (including phenoxy) is 1. The van der Waals surface area contributed by atoms with E-state index >= 15 is 0 Å². The van der Waals surface area contributed by atoms with Gasteiger partial charge < -0.3 is 15.0 Å². The van der Waals surface area contributed by atoms with E-state index in [1.165, 1.54) is 16.0 Å². The van der Waals surface area contributed by atoms with Crippen LogP contribution in [-0.4, -0.2) is 31.8 Å². The van der Waals surface area contributed by atoms with E-state index in [1.54, 1.807) is 18.4 Å². The van der Waals surface area contributed by atoms with Crippen LogP contribution in [0.3, 0.4) is 0 Å². The Morgan fingerprint density at radius 1 is 1.33 bits per heavy atom. The molecule has 0 atom stereocenters.